The van der Waals surface area contributed by atoms with Gasteiger partial charge in [-0.05, 0) is 26.3 Å². The van der Waals surface area contributed by atoms with Crippen LogP contribution < -0.4 is 5.32 Å². The molecule has 0 aromatic rings. The van der Waals surface area contributed by atoms with Crippen molar-refractivity contribution >= 4 is 5.97 Å². The van der Waals surface area contributed by atoms with Crippen molar-refractivity contribution in [1.29, 1.82) is 0 Å². The van der Waals surface area contributed by atoms with Crippen LogP contribution in [-0.4, -0.2) is 24.7 Å². The molecule has 1 unspecified atom stereocenters. The number of nitrogens with one attached hydrogen (secondary N) is 1. The van der Waals surface area contributed by atoms with E-state index < -0.39 is 0 Å². The van der Waals surface area contributed by atoms with Crippen LogP contribution in [0.2, 0.25) is 0 Å². The van der Waals surface area contributed by atoms with Crippen molar-refractivity contribution in [3.05, 3.63) is 0 Å². The van der Waals surface area contributed by atoms with Crippen molar-refractivity contribution in [1.82, 2.24) is 5.32 Å². The summed E-state index contributed by atoms with van der Waals surface area (Å²) < 4.78 is 5.25. The van der Waals surface area contributed by atoms with E-state index in [1.165, 1.54) is 0 Å². The largest absolute Gasteiger partial charge is 0.462 e. The van der Waals surface area contributed by atoms with Crippen molar-refractivity contribution in [3.63, 3.8) is 0 Å². The molecule has 2 atom stereocenters. The molecular weight excluding hydrogens is 166 g/mol. The molecule has 0 aromatic heterocycles. The van der Waals surface area contributed by atoms with Gasteiger partial charge in [0.1, 0.15) is 6.04 Å². The van der Waals surface area contributed by atoms with E-state index in [4.69, 9.17) is 4.74 Å². The highest BCUT2D eigenvalue weighted by atomic mass is 16.5. The van der Waals surface area contributed by atoms with Gasteiger partial charge in [0, 0.05) is 0 Å². The van der Waals surface area contributed by atoms with Crippen LogP contribution in [-0.2, 0) is 9.53 Å². The maximum absolute atomic E-state index is 11.3. The van der Waals surface area contributed by atoms with Crippen LogP contribution in [0.15, 0.2) is 0 Å². The van der Waals surface area contributed by atoms with Gasteiger partial charge in [-0.1, -0.05) is 19.8 Å². The Labute approximate surface area is 79.8 Å². The first-order valence-corrected chi connectivity index (χ1v) is 5.18. The number of esters is 1. The molecule has 1 aliphatic rings. The summed E-state index contributed by atoms with van der Waals surface area (Å²) in [6, 6.07) is -0.0240. The summed E-state index contributed by atoms with van der Waals surface area (Å²) in [5.74, 6) is -0.0742. The first-order valence-electron chi connectivity index (χ1n) is 5.18. The molecule has 0 aromatic carbocycles. The van der Waals surface area contributed by atoms with Gasteiger partial charge in [-0.3, -0.25) is 4.79 Å². The van der Waals surface area contributed by atoms with Crippen LogP contribution in [0.3, 0.4) is 0 Å². The molecule has 1 fully saturated rings. The Kier molecular flexibility index (Phi) is 4.22. The van der Waals surface area contributed by atoms with E-state index in [2.05, 4.69) is 12.2 Å². The first-order chi connectivity index (χ1) is 6.24. The van der Waals surface area contributed by atoms with E-state index in [9.17, 15) is 4.79 Å². The molecule has 0 bridgehead atoms. The summed E-state index contributed by atoms with van der Waals surface area (Å²) in [6.07, 6.45) is 4.28. The smallest absolute Gasteiger partial charge is 0.323 e. The molecule has 0 aliphatic carbocycles. The average Bonchev–Trinajstić information content (AvgIpc) is 1.97. The third kappa shape index (κ3) is 3.35. The second-order valence-corrected chi connectivity index (χ2v) is 3.69. The molecule has 1 heterocycles. The number of hydrogen-bond acceptors (Lipinski definition) is 3. The van der Waals surface area contributed by atoms with Gasteiger partial charge in [-0.15, -0.1) is 0 Å². The van der Waals surface area contributed by atoms with E-state index in [0.717, 1.165) is 32.2 Å². The molecule has 0 spiro atoms. The van der Waals surface area contributed by atoms with E-state index in [1.807, 2.05) is 6.92 Å². The first kappa shape index (κ1) is 10.5. The maximum Gasteiger partial charge on any atom is 0.323 e. The van der Waals surface area contributed by atoms with Crippen LogP contribution in [0.5, 0.6) is 0 Å². The van der Waals surface area contributed by atoms with Gasteiger partial charge < -0.3 is 10.1 Å². The number of carbonyl (C=O) groups is 1. The predicted molar refractivity (Wildman–Crippen MR) is 51.5 cm³/mol. The SMILES string of the molecule is CCCCC(C)OC(=O)[C@@H]1CCN1. The molecule has 1 saturated heterocycles. The molecule has 3 heteroatoms. The Hall–Kier alpha value is -0.570. The number of unbranched alkanes of at least 4 members (excludes halogenated alkanes) is 1. The number of rotatable bonds is 5. The monoisotopic (exact) mass is 185 g/mol. The lowest BCUT2D eigenvalue weighted by atomic mass is 10.1. The Morgan fingerprint density at radius 3 is 2.85 bits per heavy atom. The zero-order valence-electron chi connectivity index (χ0n) is 8.51. The quantitative estimate of drug-likeness (QED) is 0.659. The normalized spacial score (nSPS) is 23.4. The molecule has 0 radical (unpaired) electrons. The summed E-state index contributed by atoms with van der Waals surface area (Å²) in [6.45, 7) is 5.05. The minimum Gasteiger partial charge on any atom is -0.462 e. The van der Waals surface area contributed by atoms with Crippen molar-refractivity contribution < 1.29 is 9.53 Å². The fourth-order valence-electron chi connectivity index (χ4n) is 1.32. The predicted octanol–water partition coefficient (Wildman–Crippen LogP) is 1.47. The van der Waals surface area contributed by atoms with E-state index in [-0.39, 0.29) is 18.1 Å². The summed E-state index contributed by atoms with van der Waals surface area (Å²) in [7, 11) is 0. The van der Waals surface area contributed by atoms with E-state index >= 15 is 0 Å². The lowest BCUT2D eigenvalue weighted by molar-refractivity contribution is -0.153. The second kappa shape index (κ2) is 5.22. The molecule has 0 amide bonds. The van der Waals surface area contributed by atoms with Crippen LogP contribution in [0.25, 0.3) is 0 Å². The molecule has 3 nitrogen and oxygen atoms in total. The van der Waals surface area contributed by atoms with E-state index in [0.29, 0.717) is 0 Å². The zero-order valence-corrected chi connectivity index (χ0v) is 8.51. The lowest BCUT2D eigenvalue weighted by Gasteiger charge is -2.26. The fourth-order valence-corrected chi connectivity index (χ4v) is 1.32. The molecule has 13 heavy (non-hydrogen) atoms. The third-order valence-electron chi connectivity index (χ3n) is 2.39. The lowest BCUT2D eigenvalue weighted by Crippen LogP contribution is -2.49. The Bertz CT molecular complexity index is 166. The van der Waals surface area contributed by atoms with E-state index in [1.54, 1.807) is 0 Å². The Morgan fingerprint density at radius 1 is 1.69 bits per heavy atom. The third-order valence-corrected chi connectivity index (χ3v) is 2.39. The van der Waals surface area contributed by atoms with Crippen molar-refractivity contribution in [2.24, 2.45) is 0 Å². The van der Waals surface area contributed by atoms with Gasteiger partial charge in [0.25, 0.3) is 0 Å². The highest BCUT2D eigenvalue weighted by Crippen LogP contribution is 2.09. The zero-order chi connectivity index (χ0) is 9.68. The summed E-state index contributed by atoms with van der Waals surface area (Å²) in [4.78, 5) is 11.3. The van der Waals surface area contributed by atoms with Crippen molar-refractivity contribution in [2.75, 3.05) is 6.54 Å². The standard InChI is InChI=1S/C10H19NO2/c1-3-4-5-8(2)13-10(12)9-6-7-11-9/h8-9,11H,3-7H2,1-2H3/t8?,9-/m0/s1. The number of hydrogen-bond donors (Lipinski definition) is 1. The van der Waals surface area contributed by atoms with Crippen molar-refractivity contribution in [3.8, 4) is 0 Å². The minimum absolute atomic E-state index is 0.0240. The number of carbonyl (C=O) groups excluding carboxylic acids is 1. The van der Waals surface area contributed by atoms with Gasteiger partial charge in [-0.2, -0.15) is 0 Å². The number of ether oxygens (including phenoxy) is 1. The summed E-state index contributed by atoms with van der Waals surface area (Å²) >= 11 is 0. The van der Waals surface area contributed by atoms with Crippen LogP contribution in [0, 0.1) is 0 Å². The Balaban J connectivity index is 2.11. The maximum atomic E-state index is 11.3. The Morgan fingerprint density at radius 2 is 2.38 bits per heavy atom. The molecular formula is C10H19NO2. The van der Waals surface area contributed by atoms with Crippen LogP contribution in [0.4, 0.5) is 0 Å². The summed E-state index contributed by atoms with van der Waals surface area (Å²) in [5, 5.41) is 3.03. The highest BCUT2D eigenvalue weighted by molar-refractivity contribution is 5.76. The van der Waals surface area contributed by atoms with Gasteiger partial charge in [-0.25, -0.2) is 0 Å². The highest BCUT2D eigenvalue weighted by Gasteiger charge is 2.26. The van der Waals surface area contributed by atoms with Crippen LogP contribution >= 0.6 is 0 Å². The van der Waals surface area contributed by atoms with Gasteiger partial charge in [0.05, 0.1) is 6.10 Å². The topological polar surface area (TPSA) is 38.3 Å². The average molecular weight is 185 g/mol. The molecule has 76 valence electrons. The summed E-state index contributed by atoms with van der Waals surface area (Å²) in [5.41, 5.74) is 0. The molecule has 0 saturated carbocycles. The molecule has 1 rings (SSSR count). The van der Waals surface area contributed by atoms with Gasteiger partial charge in [0.15, 0.2) is 0 Å². The second-order valence-electron chi connectivity index (χ2n) is 3.69. The fraction of sp³-hybridized carbons (Fsp3) is 0.900. The van der Waals surface area contributed by atoms with Crippen molar-refractivity contribution in [2.45, 2.75) is 51.7 Å². The molecule has 1 aliphatic heterocycles. The molecule has 1 N–H and O–H groups in total. The minimum atomic E-state index is -0.0742. The van der Waals surface area contributed by atoms with Gasteiger partial charge in [0.2, 0.25) is 0 Å². The van der Waals surface area contributed by atoms with Gasteiger partial charge >= 0.3 is 5.97 Å². The van der Waals surface area contributed by atoms with Crippen LogP contribution in [0.1, 0.15) is 39.5 Å².